The van der Waals surface area contributed by atoms with Crippen molar-refractivity contribution in [3.63, 3.8) is 0 Å². The predicted octanol–water partition coefficient (Wildman–Crippen LogP) is 1.79. The third-order valence-electron chi connectivity index (χ3n) is 2.63. The summed E-state index contributed by atoms with van der Waals surface area (Å²) < 4.78 is 5.09. The van der Waals surface area contributed by atoms with Crippen LogP contribution in [0, 0.1) is 17.8 Å². The molecule has 0 fully saturated rings. The Labute approximate surface area is 84.5 Å². The fourth-order valence-corrected chi connectivity index (χ4v) is 2.11. The molecule has 0 aliphatic carbocycles. The second-order valence-corrected chi connectivity index (χ2v) is 4.41. The summed E-state index contributed by atoms with van der Waals surface area (Å²) in [6, 6.07) is 0. The molecule has 0 spiro atoms. The fraction of sp³-hybridized carbons (Fsp3) is 0.800. The van der Waals surface area contributed by atoms with Gasteiger partial charge in [-0.1, -0.05) is 27.7 Å². The van der Waals surface area contributed by atoms with Gasteiger partial charge in [-0.05, 0) is 11.8 Å². The van der Waals surface area contributed by atoms with Gasteiger partial charge in [-0.15, -0.1) is 0 Å². The third-order valence-corrected chi connectivity index (χ3v) is 2.63. The Morgan fingerprint density at radius 3 is 2.07 bits per heavy atom. The highest BCUT2D eigenvalue weighted by Gasteiger charge is 2.37. The third kappa shape index (κ3) is 2.05. The summed E-state index contributed by atoms with van der Waals surface area (Å²) in [6.45, 7) is 8.41. The van der Waals surface area contributed by atoms with E-state index in [1.165, 1.54) is 0 Å². The Hall–Kier alpha value is -1.06. The van der Waals surface area contributed by atoms with E-state index in [2.05, 4.69) is 32.7 Å². The smallest absolute Gasteiger partial charge is 0.436 e. The first-order valence-electron chi connectivity index (χ1n) is 4.98. The van der Waals surface area contributed by atoms with Gasteiger partial charge in [0.15, 0.2) is 6.10 Å². The highest BCUT2D eigenvalue weighted by atomic mass is 16.6. The first-order chi connectivity index (χ1) is 6.43. The summed E-state index contributed by atoms with van der Waals surface area (Å²) in [4.78, 5) is 14.5. The number of aliphatic imine (C=N–C) groups is 1. The van der Waals surface area contributed by atoms with E-state index in [4.69, 9.17) is 10.5 Å². The minimum Gasteiger partial charge on any atom is -0.436 e. The summed E-state index contributed by atoms with van der Waals surface area (Å²) in [5, 5.41) is 0. The van der Waals surface area contributed by atoms with E-state index in [0.29, 0.717) is 17.7 Å². The average Bonchev–Trinajstić information content (AvgIpc) is 2.29. The fourth-order valence-electron chi connectivity index (χ4n) is 2.11. The van der Waals surface area contributed by atoms with Gasteiger partial charge in [-0.25, -0.2) is 4.79 Å². The van der Waals surface area contributed by atoms with Gasteiger partial charge >= 0.3 is 6.09 Å². The van der Waals surface area contributed by atoms with Crippen LogP contribution in [0.25, 0.3) is 0 Å². The molecule has 4 nitrogen and oxygen atoms in total. The summed E-state index contributed by atoms with van der Waals surface area (Å²) in [5.41, 5.74) is 5.65. The van der Waals surface area contributed by atoms with E-state index in [9.17, 15) is 4.79 Å². The van der Waals surface area contributed by atoms with Crippen LogP contribution >= 0.6 is 0 Å². The van der Waals surface area contributed by atoms with E-state index in [-0.39, 0.29) is 12.0 Å². The summed E-state index contributed by atoms with van der Waals surface area (Å²) in [5.74, 6) is 1.40. The molecule has 14 heavy (non-hydrogen) atoms. The topological polar surface area (TPSA) is 64.7 Å². The molecule has 0 aromatic rings. The minimum atomic E-state index is -0.557. The molecule has 1 aliphatic rings. The zero-order chi connectivity index (χ0) is 10.9. The summed E-state index contributed by atoms with van der Waals surface area (Å²) in [6.07, 6.45) is -0.888. The van der Waals surface area contributed by atoms with Crippen molar-refractivity contribution in [1.82, 2.24) is 0 Å². The van der Waals surface area contributed by atoms with Crippen molar-refractivity contribution in [3.8, 4) is 0 Å². The van der Waals surface area contributed by atoms with Gasteiger partial charge in [0.1, 0.15) is 5.84 Å². The van der Waals surface area contributed by atoms with Crippen molar-refractivity contribution < 1.29 is 9.53 Å². The maximum atomic E-state index is 10.9. The Bertz CT molecular complexity index is 251. The highest BCUT2D eigenvalue weighted by molar-refractivity contribution is 5.99. The second-order valence-electron chi connectivity index (χ2n) is 4.41. The lowest BCUT2D eigenvalue weighted by atomic mass is 9.81. The van der Waals surface area contributed by atoms with Gasteiger partial charge < -0.3 is 10.5 Å². The molecular weight excluding hydrogens is 180 g/mol. The Morgan fingerprint density at radius 2 is 1.79 bits per heavy atom. The molecule has 1 heterocycles. The van der Waals surface area contributed by atoms with Crippen molar-refractivity contribution in [2.24, 2.45) is 28.5 Å². The number of hydrogen-bond acceptors (Lipinski definition) is 3. The lowest BCUT2D eigenvalue weighted by Crippen LogP contribution is -2.39. The Kier molecular flexibility index (Phi) is 3.13. The molecule has 0 aromatic carbocycles. The first-order valence-corrected chi connectivity index (χ1v) is 4.98. The predicted molar refractivity (Wildman–Crippen MR) is 55.1 cm³/mol. The number of amides is 1. The number of nitrogens with zero attached hydrogens (tertiary/aromatic N) is 1. The number of cyclic esters (lactones) is 1. The quantitative estimate of drug-likeness (QED) is 0.751. The zero-order valence-corrected chi connectivity index (χ0v) is 9.15. The lowest BCUT2D eigenvalue weighted by Gasteiger charge is -2.29. The Morgan fingerprint density at radius 1 is 1.29 bits per heavy atom. The molecule has 0 bridgehead atoms. The largest absolute Gasteiger partial charge is 0.436 e. The normalized spacial score (nSPS) is 22.1. The van der Waals surface area contributed by atoms with Crippen LogP contribution in [0.5, 0.6) is 0 Å². The highest BCUT2D eigenvalue weighted by Crippen LogP contribution is 2.28. The van der Waals surface area contributed by atoms with E-state index >= 15 is 0 Å². The number of rotatable bonds is 3. The molecule has 0 aromatic heterocycles. The van der Waals surface area contributed by atoms with Crippen LogP contribution in [0.3, 0.4) is 0 Å². The van der Waals surface area contributed by atoms with Crippen LogP contribution in [0.15, 0.2) is 4.99 Å². The molecule has 1 atom stereocenters. The molecule has 1 unspecified atom stereocenters. The van der Waals surface area contributed by atoms with Gasteiger partial charge in [0, 0.05) is 5.92 Å². The van der Waals surface area contributed by atoms with Gasteiger partial charge in [-0.3, -0.25) is 0 Å². The molecular formula is C10H18N2O2. The van der Waals surface area contributed by atoms with Crippen molar-refractivity contribution >= 4 is 11.9 Å². The maximum Gasteiger partial charge on any atom is 0.436 e. The van der Waals surface area contributed by atoms with Crippen molar-refractivity contribution in [2.75, 3.05) is 0 Å². The number of hydrogen-bond donors (Lipinski definition) is 1. The number of ether oxygens (including phenoxy) is 1. The van der Waals surface area contributed by atoms with Gasteiger partial charge in [0.2, 0.25) is 0 Å². The van der Waals surface area contributed by atoms with Crippen LogP contribution in [0.4, 0.5) is 4.79 Å². The van der Waals surface area contributed by atoms with Crippen LogP contribution in [0.1, 0.15) is 27.7 Å². The van der Waals surface area contributed by atoms with Gasteiger partial charge in [0.05, 0.1) is 0 Å². The standard InChI is InChI=1S/C10H18N2O2/c1-5(2)7(6(3)4)8-9(11)12-10(13)14-8/h5-8H,1-4H3,(H2,11,12,13). The second kappa shape index (κ2) is 3.98. The zero-order valence-electron chi connectivity index (χ0n) is 9.15. The van der Waals surface area contributed by atoms with Gasteiger partial charge in [0.25, 0.3) is 0 Å². The monoisotopic (exact) mass is 198 g/mol. The minimum absolute atomic E-state index is 0.241. The molecule has 0 saturated carbocycles. The molecule has 0 saturated heterocycles. The van der Waals surface area contributed by atoms with Crippen molar-refractivity contribution in [2.45, 2.75) is 33.8 Å². The van der Waals surface area contributed by atoms with E-state index < -0.39 is 6.09 Å². The molecule has 1 aliphatic heterocycles. The lowest BCUT2D eigenvalue weighted by molar-refractivity contribution is 0.0822. The number of carbonyl (C=O) groups is 1. The van der Waals surface area contributed by atoms with Crippen molar-refractivity contribution in [3.05, 3.63) is 0 Å². The summed E-state index contributed by atoms with van der Waals surface area (Å²) in [7, 11) is 0. The maximum absolute atomic E-state index is 10.9. The molecule has 1 amide bonds. The van der Waals surface area contributed by atoms with Gasteiger partial charge in [-0.2, -0.15) is 4.99 Å². The Balaban J connectivity index is 2.81. The number of amidine groups is 1. The number of nitrogens with two attached hydrogens (primary N) is 1. The van der Waals surface area contributed by atoms with Crippen LogP contribution in [-0.2, 0) is 4.74 Å². The molecule has 4 heteroatoms. The molecule has 2 N–H and O–H groups in total. The summed E-state index contributed by atoms with van der Waals surface area (Å²) >= 11 is 0. The SMILES string of the molecule is CC(C)C(C(C)C)C1OC(=O)N=C1N. The molecule has 0 radical (unpaired) electrons. The van der Waals surface area contributed by atoms with Crippen LogP contribution < -0.4 is 5.73 Å². The molecule has 1 rings (SSSR count). The van der Waals surface area contributed by atoms with Crippen LogP contribution in [-0.4, -0.2) is 18.0 Å². The van der Waals surface area contributed by atoms with Crippen molar-refractivity contribution in [1.29, 1.82) is 0 Å². The van der Waals surface area contributed by atoms with E-state index in [1.807, 2.05) is 0 Å². The van der Waals surface area contributed by atoms with E-state index in [0.717, 1.165) is 0 Å². The van der Waals surface area contributed by atoms with E-state index in [1.54, 1.807) is 0 Å². The average molecular weight is 198 g/mol. The first kappa shape index (κ1) is 11.0. The number of carbonyl (C=O) groups excluding carboxylic acids is 1. The molecule has 80 valence electrons. The van der Waals surface area contributed by atoms with Crippen LogP contribution in [0.2, 0.25) is 0 Å².